The number of nitrogens with zero attached hydrogens (tertiary/aromatic N) is 3. The fourth-order valence-corrected chi connectivity index (χ4v) is 2.45. The lowest BCUT2D eigenvalue weighted by Gasteiger charge is -2.21. The molecule has 2 heterocycles. The third-order valence-electron chi connectivity index (χ3n) is 3.38. The van der Waals surface area contributed by atoms with Gasteiger partial charge in [-0.05, 0) is 31.9 Å². The minimum absolute atomic E-state index is 0.0854. The minimum Gasteiger partial charge on any atom is -0.331 e. The molecule has 6 nitrogen and oxygen atoms in total. The van der Waals surface area contributed by atoms with Crippen molar-refractivity contribution in [2.75, 3.05) is 5.32 Å². The van der Waals surface area contributed by atoms with E-state index in [2.05, 4.69) is 34.6 Å². The zero-order chi connectivity index (χ0) is 16.3. The monoisotopic (exact) mass is 301 g/mol. The molecule has 0 radical (unpaired) electrons. The van der Waals surface area contributed by atoms with E-state index in [1.807, 2.05) is 39.2 Å². The van der Waals surface area contributed by atoms with Crippen LogP contribution in [0.1, 0.15) is 36.8 Å². The van der Waals surface area contributed by atoms with Gasteiger partial charge in [0, 0.05) is 35.9 Å². The highest BCUT2D eigenvalue weighted by Gasteiger charge is 2.19. The summed E-state index contributed by atoms with van der Waals surface area (Å²) in [6.45, 7) is 7.95. The highest BCUT2D eigenvalue weighted by atomic mass is 16.2. The van der Waals surface area contributed by atoms with Crippen LogP contribution in [0, 0.1) is 19.8 Å². The standard InChI is InChI=1S/C16H23N5O/c1-10(2)15(13-8-17-21(5)9-13)20-16(22)19-14-6-11(3)18-12(4)7-14/h6-10,15H,1-5H3,(H2,18,19,20,22). The van der Waals surface area contributed by atoms with Crippen molar-refractivity contribution in [2.24, 2.45) is 13.0 Å². The van der Waals surface area contributed by atoms with Crippen LogP contribution in [0.2, 0.25) is 0 Å². The van der Waals surface area contributed by atoms with Gasteiger partial charge in [0.05, 0.1) is 12.2 Å². The largest absolute Gasteiger partial charge is 0.331 e. The Labute approximate surface area is 130 Å². The molecule has 0 aliphatic carbocycles. The number of pyridine rings is 1. The number of urea groups is 1. The third-order valence-corrected chi connectivity index (χ3v) is 3.38. The molecule has 0 saturated heterocycles. The molecule has 0 aromatic carbocycles. The molecule has 1 unspecified atom stereocenters. The van der Waals surface area contributed by atoms with Crippen LogP contribution in [-0.4, -0.2) is 20.8 Å². The first-order chi connectivity index (χ1) is 10.3. The average Bonchev–Trinajstić information content (AvgIpc) is 2.80. The molecule has 2 N–H and O–H groups in total. The highest BCUT2D eigenvalue weighted by molar-refractivity contribution is 5.89. The molecule has 2 aromatic rings. The number of aryl methyl sites for hydroxylation is 3. The van der Waals surface area contributed by atoms with Crippen molar-refractivity contribution < 1.29 is 4.79 Å². The van der Waals surface area contributed by atoms with Crippen LogP contribution in [0.5, 0.6) is 0 Å². The van der Waals surface area contributed by atoms with Crippen molar-refractivity contribution >= 4 is 11.7 Å². The summed E-state index contributed by atoms with van der Waals surface area (Å²) in [5.41, 5.74) is 3.50. The Morgan fingerprint density at radius 2 is 1.86 bits per heavy atom. The fourth-order valence-electron chi connectivity index (χ4n) is 2.45. The van der Waals surface area contributed by atoms with E-state index in [0.29, 0.717) is 0 Å². The Balaban J connectivity index is 2.08. The molecule has 0 saturated carbocycles. The number of rotatable bonds is 4. The van der Waals surface area contributed by atoms with E-state index in [1.165, 1.54) is 0 Å². The van der Waals surface area contributed by atoms with Crippen molar-refractivity contribution in [1.29, 1.82) is 0 Å². The molecule has 0 spiro atoms. The molecule has 2 aromatic heterocycles. The molecule has 6 heteroatoms. The summed E-state index contributed by atoms with van der Waals surface area (Å²) >= 11 is 0. The second-order valence-corrected chi connectivity index (χ2v) is 5.91. The number of carbonyl (C=O) groups excluding carboxylic acids is 1. The van der Waals surface area contributed by atoms with Gasteiger partial charge in [-0.1, -0.05) is 13.8 Å². The molecule has 2 amide bonds. The molecular formula is C16H23N5O. The summed E-state index contributed by atoms with van der Waals surface area (Å²) in [4.78, 5) is 16.6. The Bertz CT molecular complexity index is 642. The van der Waals surface area contributed by atoms with Gasteiger partial charge in [0.2, 0.25) is 0 Å². The molecule has 1 atom stereocenters. The minimum atomic E-state index is -0.229. The average molecular weight is 301 g/mol. The third kappa shape index (κ3) is 4.07. The van der Waals surface area contributed by atoms with Crippen LogP contribution < -0.4 is 10.6 Å². The first-order valence-electron chi connectivity index (χ1n) is 7.36. The number of hydrogen-bond acceptors (Lipinski definition) is 3. The Kier molecular flexibility index (Phi) is 4.80. The molecule has 0 aliphatic heterocycles. The lowest BCUT2D eigenvalue weighted by molar-refractivity contribution is 0.244. The van der Waals surface area contributed by atoms with Crippen LogP contribution in [-0.2, 0) is 7.05 Å². The second kappa shape index (κ2) is 6.60. The smallest absolute Gasteiger partial charge is 0.319 e. The summed E-state index contributed by atoms with van der Waals surface area (Å²) in [7, 11) is 1.86. The van der Waals surface area contributed by atoms with Gasteiger partial charge >= 0.3 is 6.03 Å². The molecule has 0 bridgehead atoms. The summed E-state index contributed by atoms with van der Waals surface area (Å²) in [5.74, 6) is 0.260. The van der Waals surface area contributed by atoms with Crippen LogP contribution in [0.4, 0.5) is 10.5 Å². The number of nitrogens with one attached hydrogen (secondary N) is 2. The van der Waals surface area contributed by atoms with Crippen LogP contribution in [0.3, 0.4) is 0 Å². The molecule has 22 heavy (non-hydrogen) atoms. The number of anilines is 1. The van der Waals surface area contributed by atoms with Crippen LogP contribution in [0.25, 0.3) is 0 Å². The lowest BCUT2D eigenvalue weighted by atomic mass is 9.99. The number of carbonyl (C=O) groups is 1. The predicted octanol–water partition coefficient (Wildman–Crippen LogP) is 2.95. The molecule has 118 valence electrons. The van der Waals surface area contributed by atoms with Gasteiger partial charge in [-0.15, -0.1) is 0 Å². The zero-order valence-electron chi connectivity index (χ0n) is 13.7. The number of hydrogen-bond donors (Lipinski definition) is 2. The van der Waals surface area contributed by atoms with E-state index in [-0.39, 0.29) is 18.0 Å². The first-order valence-corrected chi connectivity index (χ1v) is 7.36. The Morgan fingerprint density at radius 1 is 1.23 bits per heavy atom. The molecule has 0 fully saturated rings. The van der Waals surface area contributed by atoms with Gasteiger partial charge < -0.3 is 10.6 Å². The Morgan fingerprint density at radius 3 is 2.36 bits per heavy atom. The predicted molar refractivity (Wildman–Crippen MR) is 86.7 cm³/mol. The first kappa shape index (κ1) is 16.0. The van der Waals surface area contributed by atoms with E-state index < -0.39 is 0 Å². The molecule has 2 rings (SSSR count). The SMILES string of the molecule is Cc1cc(NC(=O)NC(c2cnn(C)c2)C(C)C)cc(C)n1. The van der Waals surface area contributed by atoms with E-state index in [9.17, 15) is 4.79 Å². The maximum atomic E-state index is 12.3. The quantitative estimate of drug-likeness (QED) is 0.912. The summed E-state index contributed by atoms with van der Waals surface area (Å²) in [5, 5.41) is 10.0. The van der Waals surface area contributed by atoms with Crippen molar-refractivity contribution in [2.45, 2.75) is 33.7 Å². The summed E-state index contributed by atoms with van der Waals surface area (Å²) < 4.78 is 1.74. The normalized spacial score (nSPS) is 12.3. The lowest BCUT2D eigenvalue weighted by Crippen LogP contribution is -2.35. The van der Waals surface area contributed by atoms with E-state index in [0.717, 1.165) is 22.6 Å². The van der Waals surface area contributed by atoms with Crippen molar-refractivity contribution in [1.82, 2.24) is 20.1 Å². The molecular weight excluding hydrogens is 278 g/mol. The van der Waals surface area contributed by atoms with E-state index in [1.54, 1.807) is 10.9 Å². The van der Waals surface area contributed by atoms with Gasteiger partial charge in [-0.2, -0.15) is 5.10 Å². The maximum absolute atomic E-state index is 12.3. The van der Waals surface area contributed by atoms with Gasteiger partial charge in [-0.3, -0.25) is 9.67 Å². The second-order valence-electron chi connectivity index (χ2n) is 5.91. The summed E-state index contributed by atoms with van der Waals surface area (Å²) in [6, 6.07) is 3.38. The van der Waals surface area contributed by atoms with Gasteiger partial charge in [0.15, 0.2) is 0 Å². The van der Waals surface area contributed by atoms with E-state index in [4.69, 9.17) is 0 Å². The summed E-state index contributed by atoms with van der Waals surface area (Å²) in [6.07, 6.45) is 3.71. The number of aromatic nitrogens is 3. The van der Waals surface area contributed by atoms with Gasteiger partial charge in [-0.25, -0.2) is 4.79 Å². The Hall–Kier alpha value is -2.37. The van der Waals surface area contributed by atoms with Gasteiger partial charge in [0.1, 0.15) is 0 Å². The topological polar surface area (TPSA) is 71.8 Å². The van der Waals surface area contributed by atoms with Crippen molar-refractivity contribution in [3.05, 3.63) is 41.5 Å². The van der Waals surface area contributed by atoms with Crippen molar-refractivity contribution in [3.8, 4) is 0 Å². The highest BCUT2D eigenvalue weighted by Crippen LogP contribution is 2.21. The zero-order valence-corrected chi connectivity index (χ0v) is 13.7. The maximum Gasteiger partial charge on any atom is 0.319 e. The van der Waals surface area contributed by atoms with E-state index >= 15 is 0 Å². The van der Waals surface area contributed by atoms with Crippen molar-refractivity contribution in [3.63, 3.8) is 0 Å². The molecule has 0 aliphatic rings. The van der Waals surface area contributed by atoms with Crippen LogP contribution >= 0.6 is 0 Å². The van der Waals surface area contributed by atoms with Gasteiger partial charge in [0.25, 0.3) is 0 Å². The van der Waals surface area contributed by atoms with Crippen LogP contribution in [0.15, 0.2) is 24.5 Å². The number of amides is 2. The fraction of sp³-hybridized carbons (Fsp3) is 0.438.